The third-order valence-electron chi connectivity index (χ3n) is 3.16. The summed E-state index contributed by atoms with van der Waals surface area (Å²) in [5.74, 6) is -3.17. The standard InChI is InChI=1S/C13H26N6O6/c1-6(21)9(12(24)25)19-11(23)8(3-2-4-17-13(15)16)18-10(22)7(14)5-20/h6-9,20-21H,2-5,14H2,1H3,(H,18,22)(H,19,23)(H,24,25)(H4,15,16,17). The number of rotatable bonds is 11. The van der Waals surface area contributed by atoms with Crippen molar-refractivity contribution in [1.82, 2.24) is 10.6 Å². The second-order valence-electron chi connectivity index (χ2n) is 5.36. The van der Waals surface area contributed by atoms with Crippen LogP contribution >= 0.6 is 0 Å². The summed E-state index contributed by atoms with van der Waals surface area (Å²) in [5.41, 5.74) is 15.7. The van der Waals surface area contributed by atoms with Gasteiger partial charge in [0.25, 0.3) is 0 Å². The van der Waals surface area contributed by atoms with Crippen molar-refractivity contribution in [2.75, 3.05) is 13.2 Å². The smallest absolute Gasteiger partial charge is 0.328 e. The summed E-state index contributed by atoms with van der Waals surface area (Å²) in [5, 5.41) is 31.7. The number of nitrogens with zero attached hydrogens (tertiary/aromatic N) is 1. The van der Waals surface area contributed by atoms with Gasteiger partial charge < -0.3 is 43.2 Å². The molecule has 0 radical (unpaired) electrons. The zero-order valence-electron chi connectivity index (χ0n) is 13.9. The van der Waals surface area contributed by atoms with Gasteiger partial charge in [-0.3, -0.25) is 14.6 Å². The van der Waals surface area contributed by atoms with E-state index in [4.69, 9.17) is 27.4 Å². The number of carbonyl (C=O) groups is 3. The molecule has 4 unspecified atom stereocenters. The first-order valence-corrected chi connectivity index (χ1v) is 7.53. The molecule has 0 fully saturated rings. The summed E-state index contributed by atoms with van der Waals surface area (Å²) in [6, 6.07) is -3.92. The molecule has 4 atom stereocenters. The van der Waals surface area contributed by atoms with Gasteiger partial charge >= 0.3 is 5.97 Å². The maximum absolute atomic E-state index is 12.2. The molecular formula is C13H26N6O6. The summed E-state index contributed by atoms with van der Waals surface area (Å²) in [6.45, 7) is 0.763. The molecule has 144 valence electrons. The highest BCUT2D eigenvalue weighted by Crippen LogP contribution is 2.02. The molecule has 0 aromatic rings. The number of aliphatic imine (C=N–C) groups is 1. The maximum Gasteiger partial charge on any atom is 0.328 e. The summed E-state index contributed by atoms with van der Waals surface area (Å²) >= 11 is 0. The topological polar surface area (TPSA) is 226 Å². The lowest BCUT2D eigenvalue weighted by Crippen LogP contribution is -2.57. The van der Waals surface area contributed by atoms with Gasteiger partial charge in [-0.1, -0.05) is 0 Å². The van der Waals surface area contributed by atoms with Crippen molar-refractivity contribution in [3.05, 3.63) is 0 Å². The van der Waals surface area contributed by atoms with Crippen LogP contribution < -0.4 is 27.8 Å². The largest absolute Gasteiger partial charge is 0.480 e. The Morgan fingerprint density at radius 1 is 1.16 bits per heavy atom. The number of carbonyl (C=O) groups excluding carboxylic acids is 2. The fourth-order valence-corrected chi connectivity index (χ4v) is 1.78. The Morgan fingerprint density at radius 2 is 1.76 bits per heavy atom. The second kappa shape index (κ2) is 11.2. The van der Waals surface area contributed by atoms with Crippen LogP contribution in [0.3, 0.4) is 0 Å². The van der Waals surface area contributed by atoms with Crippen LogP contribution in [0, 0.1) is 0 Å². The van der Waals surface area contributed by atoms with Gasteiger partial charge in [0, 0.05) is 6.54 Å². The Labute approximate surface area is 144 Å². The lowest BCUT2D eigenvalue weighted by atomic mass is 10.1. The van der Waals surface area contributed by atoms with E-state index in [1.54, 1.807) is 0 Å². The number of carboxylic acid groups (broad SMARTS) is 1. The molecule has 25 heavy (non-hydrogen) atoms. The van der Waals surface area contributed by atoms with Crippen LogP contribution in [-0.4, -0.2) is 76.4 Å². The Balaban J connectivity index is 5.01. The SMILES string of the molecule is CC(O)C(NC(=O)C(CCCN=C(N)N)NC(=O)C(N)CO)C(=O)O. The van der Waals surface area contributed by atoms with E-state index >= 15 is 0 Å². The van der Waals surface area contributed by atoms with Crippen molar-refractivity contribution in [3.63, 3.8) is 0 Å². The molecule has 2 amide bonds. The lowest BCUT2D eigenvalue weighted by molar-refractivity contribution is -0.145. The summed E-state index contributed by atoms with van der Waals surface area (Å²) < 4.78 is 0. The minimum Gasteiger partial charge on any atom is -0.480 e. The first-order chi connectivity index (χ1) is 11.6. The number of hydrogen-bond acceptors (Lipinski definition) is 7. The number of nitrogens with one attached hydrogen (secondary N) is 2. The summed E-state index contributed by atoms with van der Waals surface area (Å²) in [6.07, 6.45) is -0.963. The molecule has 0 saturated heterocycles. The van der Waals surface area contributed by atoms with Gasteiger partial charge in [-0.2, -0.15) is 0 Å². The normalized spacial score (nSPS) is 15.4. The van der Waals surface area contributed by atoms with Crippen molar-refractivity contribution >= 4 is 23.7 Å². The number of hydrogen-bond donors (Lipinski definition) is 8. The fraction of sp³-hybridized carbons (Fsp3) is 0.692. The Kier molecular flexibility index (Phi) is 10.1. The van der Waals surface area contributed by atoms with E-state index < -0.39 is 48.6 Å². The highest BCUT2D eigenvalue weighted by atomic mass is 16.4. The van der Waals surface area contributed by atoms with E-state index in [1.807, 2.05) is 0 Å². The van der Waals surface area contributed by atoms with Gasteiger partial charge in [0.05, 0.1) is 12.7 Å². The second-order valence-corrected chi connectivity index (χ2v) is 5.36. The van der Waals surface area contributed by atoms with Crippen molar-refractivity contribution in [1.29, 1.82) is 0 Å². The maximum atomic E-state index is 12.2. The molecule has 0 aliphatic carbocycles. The number of carboxylic acids is 1. The van der Waals surface area contributed by atoms with Crippen LogP contribution in [0.25, 0.3) is 0 Å². The van der Waals surface area contributed by atoms with Gasteiger partial charge in [-0.15, -0.1) is 0 Å². The molecule has 0 spiro atoms. The van der Waals surface area contributed by atoms with Gasteiger partial charge in [0.1, 0.15) is 12.1 Å². The first-order valence-electron chi connectivity index (χ1n) is 7.53. The number of nitrogens with two attached hydrogens (primary N) is 3. The van der Waals surface area contributed by atoms with E-state index in [0.717, 1.165) is 0 Å². The van der Waals surface area contributed by atoms with Gasteiger partial charge in [-0.25, -0.2) is 4.79 Å². The van der Waals surface area contributed by atoms with E-state index in [2.05, 4.69) is 15.6 Å². The molecule has 0 aliphatic heterocycles. The van der Waals surface area contributed by atoms with Crippen molar-refractivity contribution in [3.8, 4) is 0 Å². The zero-order chi connectivity index (χ0) is 19.6. The van der Waals surface area contributed by atoms with Gasteiger partial charge in [-0.05, 0) is 19.8 Å². The average molecular weight is 362 g/mol. The number of guanidine groups is 1. The van der Waals surface area contributed by atoms with Crippen LogP contribution in [0.1, 0.15) is 19.8 Å². The molecule has 12 heteroatoms. The van der Waals surface area contributed by atoms with Crippen molar-refractivity contribution in [2.24, 2.45) is 22.2 Å². The zero-order valence-corrected chi connectivity index (χ0v) is 13.9. The monoisotopic (exact) mass is 362 g/mol. The third-order valence-corrected chi connectivity index (χ3v) is 3.16. The molecule has 0 rings (SSSR count). The van der Waals surface area contributed by atoms with Crippen LogP contribution in [0.2, 0.25) is 0 Å². The number of aliphatic hydroxyl groups excluding tert-OH is 2. The van der Waals surface area contributed by atoms with E-state index in [0.29, 0.717) is 6.42 Å². The highest BCUT2D eigenvalue weighted by Gasteiger charge is 2.30. The Bertz CT molecular complexity index is 493. The predicted molar refractivity (Wildman–Crippen MR) is 88.2 cm³/mol. The van der Waals surface area contributed by atoms with Crippen molar-refractivity contribution in [2.45, 2.75) is 44.0 Å². The Hall–Kier alpha value is -2.44. The van der Waals surface area contributed by atoms with Crippen LogP contribution in [0.5, 0.6) is 0 Å². The van der Waals surface area contributed by atoms with Crippen LogP contribution in [0.4, 0.5) is 0 Å². The third kappa shape index (κ3) is 8.83. The van der Waals surface area contributed by atoms with E-state index in [9.17, 15) is 19.5 Å². The van der Waals surface area contributed by atoms with Gasteiger partial charge in [0.2, 0.25) is 11.8 Å². The molecule has 0 aliphatic rings. The Morgan fingerprint density at radius 3 is 2.20 bits per heavy atom. The number of aliphatic hydroxyl groups is 2. The molecule has 0 saturated carbocycles. The molecule has 0 aromatic carbocycles. The molecule has 12 nitrogen and oxygen atoms in total. The quantitative estimate of drug-likeness (QED) is 0.101. The minimum atomic E-state index is -1.55. The molecule has 0 heterocycles. The number of amides is 2. The minimum absolute atomic E-state index is 0.0820. The van der Waals surface area contributed by atoms with Crippen LogP contribution in [0.15, 0.2) is 4.99 Å². The van der Waals surface area contributed by atoms with E-state index in [-0.39, 0.29) is 18.9 Å². The van der Waals surface area contributed by atoms with Crippen LogP contribution in [-0.2, 0) is 14.4 Å². The average Bonchev–Trinajstić information content (AvgIpc) is 2.53. The van der Waals surface area contributed by atoms with Gasteiger partial charge in [0.15, 0.2) is 12.0 Å². The summed E-state index contributed by atoms with van der Waals surface area (Å²) in [7, 11) is 0. The molecular weight excluding hydrogens is 336 g/mol. The lowest BCUT2D eigenvalue weighted by Gasteiger charge is -2.23. The highest BCUT2D eigenvalue weighted by molar-refractivity contribution is 5.91. The molecule has 11 N–H and O–H groups in total. The first kappa shape index (κ1) is 22.6. The predicted octanol–water partition coefficient (Wildman–Crippen LogP) is -4.21. The fourth-order valence-electron chi connectivity index (χ4n) is 1.78. The summed E-state index contributed by atoms with van der Waals surface area (Å²) in [4.78, 5) is 38.8. The molecule has 0 bridgehead atoms. The molecule has 0 aromatic heterocycles. The number of aliphatic carboxylic acids is 1. The van der Waals surface area contributed by atoms with E-state index in [1.165, 1.54) is 6.92 Å². The van der Waals surface area contributed by atoms with Crippen molar-refractivity contribution < 1.29 is 29.7 Å².